The largest absolute Gasteiger partial charge is 0.390 e. The summed E-state index contributed by atoms with van der Waals surface area (Å²) in [6, 6.07) is 1.77. The summed E-state index contributed by atoms with van der Waals surface area (Å²) >= 11 is 0. The molecule has 2 aliphatic rings. The van der Waals surface area contributed by atoms with Gasteiger partial charge in [0, 0.05) is 39.0 Å². The van der Waals surface area contributed by atoms with E-state index in [2.05, 4.69) is 15.3 Å². The number of aliphatic hydroxyl groups is 1. The average Bonchev–Trinajstić information content (AvgIpc) is 2.90. The van der Waals surface area contributed by atoms with E-state index in [0.717, 1.165) is 45.4 Å². The summed E-state index contributed by atoms with van der Waals surface area (Å²) in [6.45, 7) is 2.62. The van der Waals surface area contributed by atoms with E-state index in [-0.39, 0.29) is 17.6 Å². The molecule has 1 atom stereocenters. The van der Waals surface area contributed by atoms with Gasteiger partial charge in [0.1, 0.15) is 0 Å². The fourth-order valence-corrected chi connectivity index (χ4v) is 3.35. The van der Waals surface area contributed by atoms with Crippen molar-refractivity contribution in [2.75, 3.05) is 31.6 Å². The highest BCUT2D eigenvalue weighted by Crippen LogP contribution is 2.35. The minimum Gasteiger partial charge on any atom is -0.390 e. The molecule has 0 aromatic carbocycles. The van der Waals surface area contributed by atoms with Gasteiger partial charge in [0.2, 0.25) is 5.91 Å². The van der Waals surface area contributed by atoms with Crippen LogP contribution in [-0.2, 0) is 16.6 Å². The van der Waals surface area contributed by atoms with E-state index < -0.39 is 0 Å². The Labute approximate surface area is 130 Å². The number of piperidine rings is 1. The van der Waals surface area contributed by atoms with Crippen molar-refractivity contribution in [3.8, 4) is 0 Å². The molecule has 0 unspecified atom stereocenters. The first-order chi connectivity index (χ1) is 10.6. The zero-order valence-corrected chi connectivity index (χ0v) is 13.0. The van der Waals surface area contributed by atoms with Crippen molar-refractivity contribution in [2.24, 2.45) is 7.05 Å². The van der Waals surface area contributed by atoms with Crippen LogP contribution in [0.15, 0.2) is 12.3 Å². The molecule has 0 saturated carbocycles. The Morgan fingerprint density at radius 2 is 2.32 bits per heavy atom. The van der Waals surface area contributed by atoms with Gasteiger partial charge in [-0.05, 0) is 25.7 Å². The molecule has 22 heavy (non-hydrogen) atoms. The number of hydrogen-bond donors (Lipinski definition) is 2. The van der Waals surface area contributed by atoms with E-state index in [0.29, 0.717) is 12.4 Å². The fourth-order valence-electron chi connectivity index (χ4n) is 3.35. The summed E-state index contributed by atoms with van der Waals surface area (Å²) in [7, 11) is 1.81. The number of hydrogen-bond acceptors (Lipinski definition) is 5. The first kappa shape index (κ1) is 15.5. The number of nitrogens with one attached hydrogen (secondary N) is 1. The third kappa shape index (κ3) is 3.31. The lowest BCUT2D eigenvalue weighted by atomic mass is 9.82. The Bertz CT molecular complexity index is 523. The van der Waals surface area contributed by atoms with E-state index in [1.54, 1.807) is 16.9 Å². The van der Waals surface area contributed by atoms with Gasteiger partial charge in [-0.25, -0.2) is 0 Å². The van der Waals surface area contributed by atoms with Crippen molar-refractivity contribution >= 4 is 11.7 Å². The number of carbonyl (C=O) groups is 1. The number of carbonyl (C=O) groups excluding carboxylic acids is 1. The standard InChI is InChI=1S/C15H24N4O3/c1-18-7-4-13(17-18)16-14(21)11-19-8-5-15(6-9-19)12(20)3-2-10-22-15/h4,7,12,20H,2-3,5-6,8-11H2,1H3,(H,16,17,21)/t12-/m0/s1. The minimum atomic E-state index is -0.383. The highest BCUT2D eigenvalue weighted by molar-refractivity contribution is 5.91. The van der Waals surface area contributed by atoms with Crippen LogP contribution >= 0.6 is 0 Å². The maximum Gasteiger partial charge on any atom is 0.239 e. The van der Waals surface area contributed by atoms with E-state index in [4.69, 9.17) is 4.74 Å². The van der Waals surface area contributed by atoms with E-state index in [9.17, 15) is 9.90 Å². The smallest absolute Gasteiger partial charge is 0.239 e. The normalized spacial score (nSPS) is 25.3. The summed E-state index contributed by atoms with van der Waals surface area (Å²) in [5, 5.41) is 17.1. The van der Waals surface area contributed by atoms with Crippen molar-refractivity contribution in [3.05, 3.63) is 12.3 Å². The van der Waals surface area contributed by atoms with Crippen LogP contribution in [0.2, 0.25) is 0 Å². The van der Waals surface area contributed by atoms with Crippen molar-refractivity contribution in [2.45, 2.75) is 37.4 Å². The summed E-state index contributed by atoms with van der Waals surface area (Å²) in [5.74, 6) is 0.520. The molecular formula is C15H24N4O3. The van der Waals surface area contributed by atoms with Crippen LogP contribution in [0.4, 0.5) is 5.82 Å². The van der Waals surface area contributed by atoms with Crippen LogP contribution in [-0.4, -0.2) is 63.6 Å². The predicted molar refractivity (Wildman–Crippen MR) is 81.4 cm³/mol. The van der Waals surface area contributed by atoms with Crippen molar-refractivity contribution < 1.29 is 14.6 Å². The number of aryl methyl sites for hydroxylation is 1. The number of anilines is 1. The highest BCUT2D eigenvalue weighted by atomic mass is 16.5. The Morgan fingerprint density at radius 3 is 2.95 bits per heavy atom. The fraction of sp³-hybridized carbons (Fsp3) is 0.733. The molecule has 1 aromatic heterocycles. The van der Waals surface area contributed by atoms with Crippen LogP contribution in [0.3, 0.4) is 0 Å². The van der Waals surface area contributed by atoms with Crippen LogP contribution in [0.25, 0.3) is 0 Å². The summed E-state index contributed by atoms with van der Waals surface area (Å²) in [5.41, 5.74) is -0.383. The Balaban J connectivity index is 1.48. The molecule has 3 heterocycles. The number of amides is 1. The lowest BCUT2D eigenvalue weighted by molar-refractivity contribution is -0.177. The maximum absolute atomic E-state index is 12.0. The van der Waals surface area contributed by atoms with Crippen LogP contribution in [0.1, 0.15) is 25.7 Å². The molecule has 2 saturated heterocycles. The average molecular weight is 308 g/mol. The van der Waals surface area contributed by atoms with Gasteiger partial charge in [0.05, 0.1) is 18.2 Å². The number of likely N-dealkylation sites (tertiary alicyclic amines) is 1. The Morgan fingerprint density at radius 1 is 1.55 bits per heavy atom. The van der Waals surface area contributed by atoms with Gasteiger partial charge in [-0.3, -0.25) is 14.4 Å². The molecule has 0 aliphatic carbocycles. The lowest BCUT2D eigenvalue weighted by Gasteiger charge is -2.46. The number of rotatable bonds is 3. The van der Waals surface area contributed by atoms with Crippen molar-refractivity contribution in [3.63, 3.8) is 0 Å². The van der Waals surface area contributed by atoms with E-state index >= 15 is 0 Å². The van der Waals surface area contributed by atoms with Gasteiger partial charge < -0.3 is 15.2 Å². The van der Waals surface area contributed by atoms with Crippen LogP contribution in [0, 0.1) is 0 Å². The zero-order valence-electron chi connectivity index (χ0n) is 13.0. The molecule has 7 nitrogen and oxygen atoms in total. The molecule has 1 spiro atoms. The first-order valence-corrected chi connectivity index (χ1v) is 7.91. The van der Waals surface area contributed by atoms with Gasteiger partial charge in [-0.2, -0.15) is 5.10 Å². The highest BCUT2D eigenvalue weighted by Gasteiger charge is 2.43. The van der Waals surface area contributed by atoms with Gasteiger partial charge >= 0.3 is 0 Å². The molecule has 2 N–H and O–H groups in total. The minimum absolute atomic E-state index is 0.0558. The number of ether oxygens (including phenoxy) is 1. The SMILES string of the molecule is Cn1ccc(NC(=O)CN2CCC3(CC2)OCCC[C@@H]3O)n1. The second kappa shape index (κ2) is 6.36. The topological polar surface area (TPSA) is 79.6 Å². The molecule has 1 amide bonds. The van der Waals surface area contributed by atoms with E-state index in [1.807, 2.05) is 7.05 Å². The quantitative estimate of drug-likeness (QED) is 0.843. The molecule has 1 aromatic rings. The monoisotopic (exact) mass is 308 g/mol. The molecule has 3 rings (SSSR count). The lowest BCUT2D eigenvalue weighted by Crippen LogP contribution is -2.55. The third-order valence-electron chi connectivity index (χ3n) is 4.67. The van der Waals surface area contributed by atoms with Gasteiger partial charge in [0.15, 0.2) is 5.82 Å². The maximum atomic E-state index is 12.0. The third-order valence-corrected chi connectivity index (χ3v) is 4.67. The number of aromatic nitrogens is 2. The van der Waals surface area contributed by atoms with Crippen molar-refractivity contribution in [1.29, 1.82) is 0 Å². The summed E-state index contributed by atoms with van der Waals surface area (Å²) in [6.07, 6.45) is 4.74. The molecule has 0 radical (unpaired) electrons. The second-order valence-electron chi connectivity index (χ2n) is 6.27. The molecular weight excluding hydrogens is 284 g/mol. The van der Waals surface area contributed by atoms with Crippen LogP contribution in [0.5, 0.6) is 0 Å². The Hall–Kier alpha value is -1.44. The molecule has 2 aliphatic heterocycles. The second-order valence-corrected chi connectivity index (χ2v) is 6.27. The van der Waals surface area contributed by atoms with Gasteiger partial charge in [0.25, 0.3) is 0 Å². The van der Waals surface area contributed by atoms with Gasteiger partial charge in [-0.1, -0.05) is 0 Å². The summed E-state index contributed by atoms with van der Waals surface area (Å²) in [4.78, 5) is 14.1. The van der Waals surface area contributed by atoms with Crippen molar-refractivity contribution in [1.82, 2.24) is 14.7 Å². The molecule has 7 heteroatoms. The summed E-state index contributed by atoms with van der Waals surface area (Å²) < 4.78 is 7.54. The van der Waals surface area contributed by atoms with Crippen LogP contribution < -0.4 is 5.32 Å². The number of aliphatic hydroxyl groups excluding tert-OH is 1. The zero-order chi connectivity index (χ0) is 15.6. The predicted octanol–water partition coefficient (Wildman–Crippen LogP) is 0.364. The number of nitrogens with zero attached hydrogens (tertiary/aromatic N) is 3. The molecule has 122 valence electrons. The molecule has 2 fully saturated rings. The first-order valence-electron chi connectivity index (χ1n) is 7.91. The Kier molecular flexibility index (Phi) is 4.46. The van der Waals surface area contributed by atoms with Gasteiger partial charge in [-0.15, -0.1) is 0 Å². The van der Waals surface area contributed by atoms with E-state index in [1.165, 1.54) is 0 Å². The molecule has 0 bridgehead atoms.